The van der Waals surface area contributed by atoms with Crippen molar-refractivity contribution in [3.8, 4) is 10.4 Å². The third kappa shape index (κ3) is 4.14. The molecule has 0 fully saturated rings. The van der Waals surface area contributed by atoms with Crippen LogP contribution in [-0.4, -0.2) is 27.3 Å². The van der Waals surface area contributed by atoms with Crippen LogP contribution in [0.25, 0.3) is 20.7 Å². The van der Waals surface area contributed by atoms with E-state index in [9.17, 15) is 9.59 Å². The summed E-state index contributed by atoms with van der Waals surface area (Å²) in [4.78, 5) is 30.8. The molecule has 1 aromatic carbocycles. The Morgan fingerprint density at radius 2 is 2.15 bits per heavy atom. The van der Waals surface area contributed by atoms with E-state index in [1.54, 1.807) is 10.6 Å². The van der Waals surface area contributed by atoms with E-state index in [1.807, 2.05) is 50.2 Å². The zero-order valence-corrected chi connectivity index (χ0v) is 16.9. The minimum Gasteiger partial charge on any atom is -0.355 e. The molecule has 2 heterocycles. The number of fused-ring (bicyclic) bond motifs is 1. The van der Waals surface area contributed by atoms with Gasteiger partial charge in [0.1, 0.15) is 4.70 Å². The molecule has 1 atom stereocenters. The highest BCUT2D eigenvalue weighted by Crippen LogP contribution is 2.32. The van der Waals surface area contributed by atoms with Gasteiger partial charge in [0.2, 0.25) is 5.91 Å². The summed E-state index contributed by atoms with van der Waals surface area (Å²) >= 11 is 2.73. The van der Waals surface area contributed by atoms with E-state index < -0.39 is 0 Å². The van der Waals surface area contributed by atoms with E-state index in [0.717, 1.165) is 10.4 Å². The molecule has 1 N–H and O–H groups in total. The number of thioether (sulfide) groups is 1. The second-order valence-electron chi connectivity index (χ2n) is 5.94. The van der Waals surface area contributed by atoms with Crippen LogP contribution in [0.1, 0.15) is 13.8 Å². The molecule has 1 unspecified atom stereocenters. The van der Waals surface area contributed by atoms with E-state index in [-0.39, 0.29) is 16.7 Å². The van der Waals surface area contributed by atoms with Gasteiger partial charge in [0.05, 0.1) is 10.8 Å². The summed E-state index contributed by atoms with van der Waals surface area (Å²) in [6.07, 6.45) is 1.67. The average Bonchev–Trinajstić information content (AvgIpc) is 3.10. The maximum Gasteiger partial charge on any atom is 0.272 e. The molecule has 7 heteroatoms. The summed E-state index contributed by atoms with van der Waals surface area (Å²) in [7, 11) is 0. The van der Waals surface area contributed by atoms with Crippen LogP contribution in [0.5, 0.6) is 0 Å². The van der Waals surface area contributed by atoms with E-state index >= 15 is 0 Å². The highest BCUT2D eigenvalue weighted by molar-refractivity contribution is 8.00. The van der Waals surface area contributed by atoms with Crippen LogP contribution in [0.4, 0.5) is 0 Å². The second kappa shape index (κ2) is 8.54. The van der Waals surface area contributed by atoms with Gasteiger partial charge >= 0.3 is 0 Å². The lowest BCUT2D eigenvalue weighted by atomic mass is 10.2. The number of nitrogens with zero attached hydrogens (tertiary/aromatic N) is 2. The number of thiophene rings is 1. The van der Waals surface area contributed by atoms with Gasteiger partial charge in [-0.05, 0) is 25.5 Å². The average molecular weight is 400 g/mol. The molecule has 27 heavy (non-hydrogen) atoms. The number of carbonyl (C=O) groups is 1. The van der Waals surface area contributed by atoms with Crippen LogP contribution in [0.2, 0.25) is 0 Å². The third-order valence-electron chi connectivity index (χ3n) is 3.97. The maximum absolute atomic E-state index is 13.0. The second-order valence-corrected chi connectivity index (χ2v) is 8.30. The van der Waals surface area contributed by atoms with Gasteiger partial charge in [0.15, 0.2) is 5.16 Å². The molecule has 3 aromatic rings. The monoisotopic (exact) mass is 399 g/mol. The lowest BCUT2D eigenvalue weighted by Gasteiger charge is -2.14. The Hall–Kier alpha value is -2.38. The van der Waals surface area contributed by atoms with E-state index in [2.05, 4.69) is 11.9 Å². The molecule has 0 bridgehead atoms. The standard InChI is InChI=1S/C20H21N3O2S2/c1-4-11-23-19(25)17-15(12-16(27-17)14-9-7-6-8-10-14)22-20(23)26-13(3)18(24)21-5-2/h4,6-10,12-13H,1,5,11H2,2-3H3,(H,21,24). The largest absolute Gasteiger partial charge is 0.355 e. The fourth-order valence-corrected chi connectivity index (χ4v) is 4.64. The molecule has 0 aliphatic heterocycles. The summed E-state index contributed by atoms with van der Waals surface area (Å²) < 4.78 is 2.20. The van der Waals surface area contributed by atoms with Crippen molar-refractivity contribution in [1.29, 1.82) is 0 Å². The number of nitrogens with one attached hydrogen (secondary N) is 1. The topological polar surface area (TPSA) is 64.0 Å². The van der Waals surface area contributed by atoms with Crippen molar-refractivity contribution in [1.82, 2.24) is 14.9 Å². The van der Waals surface area contributed by atoms with Gasteiger partial charge in [-0.3, -0.25) is 14.2 Å². The third-order valence-corrected chi connectivity index (χ3v) is 6.22. The molecular weight excluding hydrogens is 378 g/mol. The number of allylic oxidation sites excluding steroid dienone is 1. The molecule has 140 valence electrons. The first-order chi connectivity index (χ1) is 13.0. The van der Waals surface area contributed by atoms with Crippen LogP contribution < -0.4 is 10.9 Å². The molecular formula is C20H21N3O2S2. The number of amides is 1. The van der Waals surface area contributed by atoms with Gasteiger partial charge in [-0.15, -0.1) is 17.9 Å². The summed E-state index contributed by atoms with van der Waals surface area (Å²) in [6, 6.07) is 11.9. The van der Waals surface area contributed by atoms with Gasteiger partial charge in [-0.1, -0.05) is 48.2 Å². The lowest BCUT2D eigenvalue weighted by molar-refractivity contribution is -0.120. The first-order valence-electron chi connectivity index (χ1n) is 8.70. The minimum absolute atomic E-state index is 0.0720. The molecule has 0 saturated carbocycles. The molecule has 0 saturated heterocycles. The van der Waals surface area contributed by atoms with Gasteiger partial charge in [0, 0.05) is 18.0 Å². The molecule has 5 nitrogen and oxygen atoms in total. The molecule has 3 rings (SSSR count). The molecule has 0 aliphatic carbocycles. The zero-order chi connectivity index (χ0) is 19.4. The van der Waals surface area contributed by atoms with Crippen LogP contribution >= 0.6 is 23.1 Å². The Balaban J connectivity index is 2.07. The van der Waals surface area contributed by atoms with E-state index in [0.29, 0.717) is 28.5 Å². The van der Waals surface area contributed by atoms with E-state index in [1.165, 1.54) is 23.1 Å². The number of hydrogen-bond donors (Lipinski definition) is 1. The van der Waals surface area contributed by atoms with Gasteiger partial charge in [0.25, 0.3) is 5.56 Å². The summed E-state index contributed by atoms with van der Waals surface area (Å²) in [5, 5.41) is 2.98. The fourth-order valence-electron chi connectivity index (χ4n) is 2.64. The summed E-state index contributed by atoms with van der Waals surface area (Å²) in [6.45, 7) is 8.36. The Morgan fingerprint density at radius 1 is 1.41 bits per heavy atom. The van der Waals surface area contributed by atoms with Crippen LogP contribution in [0.15, 0.2) is 59.0 Å². The predicted molar refractivity (Wildman–Crippen MR) is 114 cm³/mol. The normalized spacial score (nSPS) is 12.1. The Morgan fingerprint density at radius 3 is 2.81 bits per heavy atom. The number of rotatable bonds is 7. The molecule has 0 aliphatic rings. The summed E-state index contributed by atoms with van der Waals surface area (Å²) in [5.41, 5.74) is 1.62. The van der Waals surface area contributed by atoms with Gasteiger partial charge in [-0.2, -0.15) is 0 Å². The number of hydrogen-bond acceptors (Lipinski definition) is 5. The van der Waals surface area contributed by atoms with Crippen molar-refractivity contribution < 1.29 is 4.79 Å². The highest BCUT2D eigenvalue weighted by atomic mass is 32.2. The summed E-state index contributed by atoms with van der Waals surface area (Å²) in [5.74, 6) is -0.0720. The van der Waals surface area contributed by atoms with Crippen LogP contribution in [-0.2, 0) is 11.3 Å². The van der Waals surface area contributed by atoms with Crippen molar-refractivity contribution in [3.63, 3.8) is 0 Å². The fraction of sp³-hybridized carbons (Fsp3) is 0.250. The van der Waals surface area contributed by atoms with Crippen molar-refractivity contribution in [2.24, 2.45) is 0 Å². The van der Waals surface area contributed by atoms with Crippen molar-refractivity contribution in [3.05, 3.63) is 59.4 Å². The number of benzene rings is 1. The van der Waals surface area contributed by atoms with Gasteiger partial charge in [-0.25, -0.2) is 4.98 Å². The Bertz CT molecular complexity index is 1020. The highest BCUT2D eigenvalue weighted by Gasteiger charge is 2.20. The first-order valence-corrected chi connectivity index (χ1v) is 10.4. The molecule has 1 amide bonds. The SMILES string of the molecule is C=CCn1c(SC(C)C(=O)NCC)nc2cc(-c3ccccc3)sc2c1=O. The molecule has 0 radical (unpaired) electrons. The van der Waals surface area contributed by atoms with Gasteiger partial charge < -0.3 is 5.32 Å². The molecule has 2 aromatic heterocycles. The zero-order valence-electron chi connectivity index (χ0n) is 15.3. The lowest BCUT2D eigenvalue weighted by Crippen LogP contribution is -2.31. The van der Waals surface area contributed by atoms with Crippen LogP contribution in [0, 0.1) is 0 Å². The first kappa shape index (κ1) is 19.4. The van der Waals surface area contributed by atoms with Crippen molar-refractivity contribution >= 4 is 39.2 Å². The predicted octanol–water partition coefficient (Wildman–Crippen LogP) is 3.93. The molecule has 0 spiro atoms. The maximum atomic E-state index is 13.0. The van der Waals surface area contributed by atoms with Crippen molar-refractivity contribution in [2.45, 2.75) is 30.8 Å². The number of carbonyl (C=O) groups excluding carboxylic acids is 1. The van der Waals surface area contributed by atoms with E-state index in [4.69, 9.17) is 4.98 Å². The Labute approximate surface area is 166 Å². The van der Waals surface area contributed by atoms with Crippen molar-refractivity contribution in [2.75, 3.05) is 6.54 Å². The smallest absolute Gasteiger partial charge is 0.272 e. The quantitative estimate of drug-likeness (QED) is 0.371. The minimum atomic E-state index is -0.349. The number of aromatic nitrogens is 2. The Kier molecular flexibility index (Phi) is 6.13. The van der Waals surface area contributed by atoms with Crippen LogP contribution in [0.3, 0.4) is 0 Å².